The number of hydrogen-bond donors (Lipinski definition) is 1. The van der Waals surface area contributed by atoms with Crippen LogP contribution in [-0.2, 0) is 4.79 Å². The molecule has 0 aliphatic carbocycles. The zero-order valence-corrected chi connectivity index (χ0v) is 17.1. The number of hydrogen-bond acceptors (Lipinski definition) is 6. The van der Waals surface area contributed by atoms with Crippen LogP contribution in [0.25, 0.3) is 0 Å². The van der Waals surface area contributed by atoms with Crippen molar-refractivity contribution in [3.05, 3.63) is 48.0 Å². The predicted molar refractivity (Wildman–Crippen MR) is 110 cm³/mol. The minimum absolute atomic E-state index is 0.00731. The molecule has 1 unspecified atom stereocenters. The highest BCUT2D eigenvalue weighted by atomic mass is 16.5. The summed E-state index contributed by atoms with van der Waals surface area (Å²) in [7, 11) is 3.30. The second-order valence-corrected chi connectivity index (χ2v) is 6.98. The van der Waals surface area contributed by atoms with Gasteiger partial charge in [0.05, 0.1) is 14.2 Å². The molecule has 0 bridgehead atoms. The lowest BCUT2D eigenvalue weighted by Crippen LogP contribution is -2.50. The molecule has 1 saturated heterocycles. The van der Waals surface area contributed by atoms with Crippen molar-refractivity contribution in [1.29, 1.82) is 0 Å². The second-order valence-electron chi connectivity index (χ2n) is 6.98. The molecule has 0 aromatic heterocycles. The summed E-state index contributed by atoms with van der Waals surface area (Å²) in [5.41, 5.74) is 1.10. The smallest absolute Gasteiger partial charge is 0.260 e. The molecular formula is C22H28N2O5. The van der Waals surface area contributed by atoms with E-state index in [0.29, 0.717) is 18.8 Å². The summed E-state index contributed by atoms with van der Waals surface area (Å²) < 4.78 is 16.3. The summed E-state index contributed by atoms with van der Waals surface area (Å²) in [5, 5.41) is 9.30. The topological polar surface area (TPSA) is 71.5 Å². The van der Waals surface area contributed by atoms with Gasteiger partial charge in [-0.15, -0.1) is 0 Å². The Hall–Kier alpha value is -2.93. The minimum Gasteiger partial charge on any atom is -0.508 e. The van der Waals surface area contributed by atoms with Crippen molar-refractivity contribution in [2.75, 3.05) is 47.0 Å². The fourth-order valence-electron chi connectivity index (χ4n) is 3.50. The van der Waals surface area contributed by atoms with Gasteiger partial charge in [-0.05, 0) is 37.3 Å². The molecule has 29 heavy (non-hydrogen) atoms. The first-order valence-corrected chi connectivity index (χ1v) is 9.67. The monoisotopic (exact) mass is 400 g/mol. The fourth-order valence-corrected chi connectivity index (χ4v) is 3.50. The lowest BCUT2D eigenvalue weighted by Gasteiger charge is -2.38. The van der Waals surface area contributed by atoms with Crippen LogP contribution in [0.2, 0.25) is 0 Å². The van der Waals surface area contributed by atoms with E-state index in [2.05, 4.69) is 11.8 Å². The van der Waals surface area contributed by atoms with E-state index >= 15 is 0 Å². The number of piperazine rings is 1. The van der Waals surface area contributed by atoms with E-state index in [1.807, 2.05) is 23.1 Å². The van der Waals surface area contributed by atoms with Crippen LogP contribution < -0.4 is 14.2 Å². The Balaban J connectivity index is 1.53. The third-order valence-corrected chi connectivity index (χ3v) is 5.30. The molecular weight excluding hydrogens is 372 g/mol. The molecule has 3 rings (SSSR count). The van der Waals surface area contributed by atoms with Crippen LogP contribution in [0.15, 0.2) is 42.5 Å². The minimum atomic E-state index is -0.0348. The zero-order valence-electron chi connectivity index (χ0n) is 17.1. The molecule has 1 heterocycles. The van der Waals surface area contributed by atoms with Gasteiger partial charge < -0.3 is 24.2 Å². The van der Waals surface area contributed by atoms with Crippen molar-refractivity contribution in [2.24, 2.45) is 0 Å². The molecule has 1 N–H and O–H groups in total. The van der Waals surface area contributed by atoms with Crippen LogP contribution in [0.1, 0.15) is 18.5 Å². The Morgan fingerprint density at radius 1 is 1.00 bits per heavy atom. The van der Waals surface area contributed by atoms with Crippen LogP contribution in [0.4, 0.5) is 0 Å². The van der Waals surface area contributed by atoms with Gasteiger partial charge in [-0.25, -0.2) is 0 Å². The van der Waals surface area contributed by atoms with Crippen molar-refractivity contribution in [1.82, 2.24) is 9.80 Å². The van der Waals surface area contributed by atoms with E-state index in [-0.39, 0.29) is 24.3 Å². The van der Waals surface area contributed by atoms with Crippen LogP contribution in [0.3, 0.4) is 0 Å². The molecule has 2 aromatic carbocycles. The number of phenols is 1. The lowest BCUT2D eigenvalue weighted by molar-refractivity contribution is -0.135. The summed E-state index contributed by atoms with van der Waals surface area (Å²) in [5.74, 6) is 2.27. The Kier molecular flexibility index (Phi) is 6.82. The normalized spacial score (nSPS) is 15.6. The molecule has 7 heteroatoms. The molecule has 0 saturated carbocycles. The maximum atomic E-state index is 12.5. The number of benzene rings is 2. The van der Waals surface area contributed by atoms with Crippen LogP contribution >= 0.6 is 0 Å². The van der Waals surface area contributed by atoms with E-state index < -0.39 is 0 Å². The van der Waals surface area contributed by atoms with Gasteiger partial charge in [0.1, 0.15) is 23.0 Å². The number of nitrogens with zero attached hydrogens (tertiary/aromatic N) is 2. The van der Waals surface area contributed by atoms with Crippen molar-refractivity contribution in [3.63, 3.8) is 0 Å². The number of ether oxygens (including phenoxy) is 3. The quantitative estimate of drug-likeness (QED) is 0.771. The van der Waals surface area contributed by atoms with Gasteiger partial charge in [-0.1, -0.05) is 6.07 Å². The van der Waals surface area contributed by atoms with Gasteiger partial charge in [0.15, 0.2) is 6.61 Å². The van der Waals surface area contributed by atoms with E-state index in [9.17, 15) is 9.90 Å². The molecule has 1 aliphatic rings. The molecule has 7 nitrogen and oxygen atoms in total. The standard InChI is InChI=1S/C22H28N2O5/c1-16(20-9-8-19(27-2)14-21(20)28-3)23-10-12-24(13-11-23)22(26)15-29-18-6-4-17(25)5-7-18/h4-9,14,16,25H,10-13,15H2,1-3H3. The number of rotatable bonds is 7. The van der Waals surface area contributed by atoms with Crippen LogP contribution in [0.5, 0.6) is 23.0 Å². The number of methoxy groups -OCH3 is 2. The number of carbonyl (C=O) groups is 1. The number of carbonyl (C=O) groups excluding carboxylic acids is 1. The summed E-state index contributed by atoms with van der Waals surface area (Å²) in [6.07, 6.45) is 0. The highest BCUT2D eigenvalue weighted by Crippen LogP contribution is 2.32. The van der Waals surface area contributed by atoms with Gasteiger partial charge in [-0.2, -0.15) is 0 Å². The predicted octanol–water partition coefficient (Wildman–Crippen LogP) is 2.69. The molecule has 156 valence electrons. The van der Waals surface area contributed by atoms with E-state index in [1.165, 1.54) is 12.1 Å². The lowest BCUT2D eigenvalue weighted by atomic mass is 10.0. The van der Waals surface area contributed by atoms with Crippen LogP contribution in [0, 0.1) is 0 Å². The Morgan fingerprint density at radius 2 is 1.66 bits per heavy atom. The van der Waals surface area contributed by atoms with Gasteiger partial charge in [0, 0.05) is 43.9 Å². The molecule has 1 atom stereocenters. The van der Waals surface area contributed by atoms with Crippen molar-refractivity contribution >= 4 is 5.91 Å². The average molecular weight is 400 g/mol. The SMILES string of the molecule is COc1ccc(C(C)N2CCN(C(=O)COc3ccc(O)cc3)CC2)c(OC)c1. The van der Waals surface area contributed by atoms with Crippen molar-refractivity contribution < 1.29 is 24.1 Å². The van der Waals surface area contributed by atoms with E-state index in [1.54, 1.807) is 26.4 Å². The van der Waals surface area contributed by atoms with Gasteiger partial charge in [0.2, 0.25) is 0 Å². The van der Waals surface area contributed by atoms with Gasteiger partial charge in [0.25, 0.3) is 5.91 Å². The fraction of sp³-hybridized carbons (Fsp3) is 0.409. The molecule has 0 spiro atoms. The molecule has 1 amide bonds. The average Bonchev–Trinajstić information content (AvgIpc) is 2.77. The summed E-state index contributed by atoms with van der Waals surface area (Å²) in [6.45, 7) is 5.01. The Labute approximate surface area is 171 Å². The van der Waals surface area contributed by atoms with Gasteiger partial charge >= 0.3 is 0 Å². The molecule has 1 aliphatic heterocycles. The Morgan fingerprint density at radius 3 is 2.28 bits per heavy atom. The first-order chi connectivity index (χ1) is 14.0. The first-order valence-electron chi connectivity index (χ1n) is 9.67. The third-order valence-electron chi connectivity index (χ3n) is 5.30. The zero-order chi connectivity index (χ0) is 20.8. The summed E-state index contributed by atoms with van der Waals surface area (Å²) in [6, 6.07) is 12.4. The second kappa shape index (κ2) is 9.52. The highest BCUT2D eigenvalue weighted by molar-refractivity contribution is 5.77. The molecule has 0 radical (unpaired) electrons. The number of aromatic hydroxyl groups is 1. The molecule has 1 fully saturated rings. The largest absolute Gasteiger partial charge is 0.508 e. The number of amides is 1. The molecule has 2 aromatic rings. The summed E-state index contributed by atoms with van der Waals surface area (Å²) >= 11 is 0. The first kappa shape index (κ1) is 20.8. The van der Waals surface area contributed by atoms with E-state index in [0.717, 1.165) is 30.2 Å². The van der Waals surface area contributed by atoms with Crippen molar-refractivity contribution in [3.8, 4) is 23.0 Å². The van der Waals surface area contributed by atoms with Gasteiger partial charge in [-0.3, -0.25) is 9.69 Å². The number of phenolic OH excluding ortho intramolecular Hbond substituents is 1. The third kappa shape index (κ3) is 5.12. The van der Waals surface area contributed by atoms with Crippen molar-refractivity contribution in [2.45, 2.75) is 13.0 Å². The highest BCUT2D eigenvalue weighted by Gasteiger charge is 2.26. The Bertz CT molecular complexity index is 816. The maximum Gasteiger partial charge on any atom is 0.260 e. The van der Waals surface area contributed by atoms with E-state index in [4.69, 9.17) is 14.2 Å². The van der Waals surface area contributed by atoms with Crippen LogP contribution in [-0.4, -0.2) is 67.8 Å². The maximum absolute atomic E-state index is 12.5. The summed E-state index contributed by atoms with van der Waals surface area (Å²) in [4.78, 5) is 16.6.